The summed E-state index contributed by atoms with van der Waals surface area (Å²) in [6, 6.07) is 11.8. The van der Waals surface area contributed by atoms with Crippen molar-refractivity contribution in [3.8, 4) is 11.4 Å². The maximum Gasteiger partial charge on any atom is 0.408 e. The molecular weight excluding hydrogens is 614 g/mol. The summed E-state index contributed by atoms with van der Waals surface area (Å²) in [7, 11) is 1.38. The minimum absolute atomic E-state index is 0.0723. The van der Waals surface area contributed by atoms with E-state index in [0.717, 1.165) is 0 Å². The number of aromatic hydroxyl groups is 1. The van der Waals surface area contributed by atoms with Crippen molar-refractivity contribution in [3.05, 3.63) is 79.5 Å². The molecule has 0 aliphatic carbocycles. The monoisotopic (exact) mass is 643 g/mol. The summed E-state index contributed by atoms with van der Waals surface area (Å²) in [5, 5.41) is 34.1. The first kappa shape index (κ1) is 32.7. The van der Waals surface area contributed by atoms with Crippen LogP contribution in [0.3, 0.4) is 0 Å². The van der Waals surface area contributed by atoms with E-state index in [-0.39, 0.29) is 32.0 Å². The number of fused-ring (bicyclic) bond motifs is 1. The van der Waals surface area contributed by atoms with Crippen molar-refractivity contribution >= 4 is 29.3 Å². The Hall–Kier alpha value is -6.18. The van der Waals surface area contributed by atoms with Gasteiger partial charge in [-0.15, -0.1) is 15.0 Å². The van der Waals surface area contributed by atoms with Crippen LogP contribution >= 0.6 is 0 Å². The van der Waals surface area contributed by atoms with Gasteiger partial charge in [0.2, 0.25) is 0 Å². The van der Waals surface area contributed by atoms with Crippen LogP contribution in [0.2, 0.25) is 0 Å². The van der Waals surface area contributed by atoms with Gasteiger partial charge in [0.1, 0.15) is 49.1 Å². The summed E-state index contributed by atoms with van der Waals surface area (Å²) in [5.41, 5.74) is -1.50. The number of rotatable bonds is 13. The normalized spacial score (nSPS) is 10.8. The van der Waals surface area contributed by atoms with Gasteiger partial charge in [-0.1, -0.05) is 18.2 Å². The van der Waals surface area contributed by atoms with Crippen molar-refractivity contribution in [1.29, 1.82) is 0 Å². The van der Waals surface area contributed by atoms with E-state index in [2.05, 4.69) is 20.8 Å². The molecule has 2 aromatic heterocycles. The van der Waals surface area contributed by atoms with Gasteiger partial charge in [-0.2, -0.15) is 0 Å². The molecule has 244 valence electrons. The third-order valence-electron chi connectivity index (χ3n) is 6.22. The number of nitrogens with zero attached hydrogens (tertiary/aromatic N) is 6. The number of carbonyl (C=O) groups excluding carboxylic acids is 2. The lowest BCUT2D eigenvalue weighted by molar-refractivity contribution is 0.0968. The van der Waals surface area contributed by atoms with Gasteiger partial charge in [-0.05, 0) is 29.8 Å². The number of hydrogen-bond donors (Lipinski definition) is 5. The molecule has 0 saturated carbocycles. The number of benzene rings is 2. The Balaban J connectivity index is 1.41. The standard InChI is InChI=1S/C26H29N9O11/c1-44-10-11-46-23(40)29-15-34-25(42)32(13-27-21(37)38)24(41)33(26(34)43)14-28-22(39)45-9-8-16-6-7-20(36)19(12-16)35-30-17-4-2-3-5-18(17)31-35/h2-7,12,27,36H,8-11,13-15H2,1H3,(H,28,39)(H,29,40)(H,37,38). The largest absolute Gasteiger partial charge is 0.506 e. The van der Waals surface area contributed by atoms with E-state index in [4.69, 9.17) is 19.3 Å². The van der Waals surface area contributed by atoms with E-state index in [1.54, 1.807) is 36.4 Å². The first-order valence-corrected chi connectivity index (χ1v) is 13.4. The van der Waals surface area contributed by atoms with Crippen LogP contribution in [0.15, 0.2) is 56.8 Å². The Morgan fingerprint density at radius 1 is 0.761 bits per heavy atom. The fourth-order valence-corrected chi connectivity index (χ4v) is 3.96. The maximum absolute atomic E-state index is 13.0. The van der Waals surface area contributed by atoms with Gasteiger partial charge in [0.15, 0.2) is 0 Å². The number of hydrogen-bond acceptors (Lipinski definition) is 12. The molecule has 46 heavy (non-hydrogen) atoms. The molecule has 5 N–H and O–H groups in total. The molecular formula is C26H29N9O11. The average Bonchev–Trinajstić information content (AvgIpc) is 3.46. The molecule has 4 aromatic rings. The Bertz CT molecular complexity index is 1880. The highest BCUT2D eigenvalue weighted by Gasteiger charge is 2.18. The molecule has 20 nitrogen and oxygen atoms in total. The number of aromatic nitrogens is 6. The van der Waals surface area contributed by atoms with Crippen LogP contribution in [-0.4, -0.2) is 84.1 Å². The zero-order chi connectivity index (χ0) is 33.2. The van der Waals surface area contributed by atoms with Crippen LogP contribution in [0.25, 0.3) is 16.7 Å². The van der Waals surface area contributed by atoms with Gasteiger partial charge in [0.05, 0.1) is 13.2 Å². The number of carbonyl (C=O) groups is 3. The smallest absolute Gasteiger partial charge is 0.408 e. The minimum Gasteiger partial charge on any atom is -0.506 e. The molecule has 0 aliphatic heterocycles. The summed E-state index contributed by atoms with van der Waals surface area (Å²) >= 11 is 0. The minimum atomic E-state index is -1.56. The van der Waals surface area contributed by atoms with Crippen molar-refractivity contribution < 1.29 is 38.8 Å². The molecule has 0 unspecified atom stereocenters. The van der Waals surface area contributed by atoms with Crippen LogP contribution in [0.1, 0.15) is 5.56 Å². The lowest BCUT2D eigenvalue weighted by Gasteiger charge is -2.15. The summed E-state index contributed by atoms with van der Waals surface area (Å²) < 4.78 is 15.9. The van der Waals surface area contributed by atoms with Crippen LogP contribution in [0.5, 0.6) is 5.75 Å². The molecule has 0 bridgehead atoms. The number of alkyl carbamates (subject to hydrolysis) is 2. The quantitative estimate of drug-likeness (QED) is 0.111. The van der Waals surface area contributed by atoms with Crippen LogP contribution in [-0.2, 0) is 40.6 Å². The van der Waals surface area contributed by atoms with Gasteiger partial charge < -0.3 is 40.4 Å². The Morgan fingerprint density at radius 3 is 1.80 bits per heavy atom. The van der Waals surface area contributed by atoms with Crippen LogP contribution in [0.4, 0.5) is 14.4 Å². The van der Waals surface area contributed by atoms with Crippen molar-refractivity contribution in [2.24, 2.45) is 0 Å². The van der Waals surface area contributed by atoms with Gasteiger partial charge in [-0.25, -0.2) is 42.5 Å². The number of methoxy groups -OCH3 is 1. The molecule has 0 spiro atoms. The second-order valence-corrected chi connectivity index (χ2v) is 9.26. The SMILES string of the molecule is COCCOC(=O)NCn1c(=O)n(CNC(=O)O)c(=O)n(CNC(=O)OCCc2ccc(O)c(-n3nc4ccccc4n3)c2)c1=O. The number of ether oxygens (including phenoxy) is 3. The van der Waals surface area contributed by atoms with E-state index < -0.39 is 55.4 Å². The van der Waals surface area contributed by atoms with E-state index in [1.807, 2.05) is 5.32 Å². The number of nitrogens with one attached hydrogen (secondary N) is 3. The van der Waals surface area contributed by atoms with E-state index >= 15 is 0 Å². The van der Waals surface area contributed by atoms with E-state index in [1.165, 1.54) is 18.0 Å². The molecule has 4 rings (SSSR count). The predicted molar refractivity (Wildman–Crippen MR) is 155 cm³/mol. The lowest BCUT2D eigenvalue weighted by Crippen LogP contribution is -2.58. The van der Waals surface area contributed by atoms with Gasteiger partial charge in [0.25, 0.3) is 0 Å². The van der Waals surface area contributed by atoms with Crippen molar-refractivity contribution in [2.75, 3.05) is 26.9 Å². The number of phenols is 1. The van der Waals surface area contributed by atoms with E-state index in [0.29, 0.717) is 36.0 Å². The fourth-order valence-electron chi connectivity index (χ4n) is 3.96. The third-order valence-corrected chi connectivity index (χ3v) is 6.22. The van der Waals surface area contributed by atoms with Crippen molar-refractivity contribution in [2.45, 2.75) is 26.4 Å². The topological polar surface area (TPSA) is 252 Å². The van der Waals surface area contributed by atoms with Gasteiger partial charge in [-0.3, -0.25) is 0 Å². The van der Waals surface area contributed by atoms with Crippen molar-refractivity contribution in [3.63, 3.8) is 0 Å². The number of phenolic OH excluding ortho intramolecular Hbond substituents is 1. The molecule has 3 amide bonds. The second kappa shape index (κ2) is 15.0. The predicted octanol–water partition coefficient (Wildman–Crippen LogP) is -0.907. The third kappa shape index (κ3) is 8.05. The number of amides is 3. The summed E-state index contributed by atoms with van der Waals surface area (Å²) in [6.07, 6.45) is -3.40. The molecule has 2 heterocycles. The van der Waals surface area contributed by atoms with E-state index in [9.17, 15) is 33.9 Å². The Kier molecular flexibility index (Phi) is 10.7. The summed E-state index contributed by atoms with van der Waals surface area (Å²) in [4.78, 5) is 75.1. The molecule has 2 aromatic carbocycles. The highest BCUT2D eigenvalue weighted by Crippen LogP contribution is 2.23. The average molecular weight is 644 g/mol. The van der Waals surface area contributed by atoms with Gasteiger partial charge in [0, 0.05) is 13.5 Å². The summed E-state index contributed by atoms with van der Waals surface area (Å²) in [6.45, 7) is -2.55. The zero-order valence-corrected chi connectivity index (χ0v) is 24.2. The highest BCUT2D eigenvalue weighted by atomic mass is 16.6. The first-order valence-electron chi connectivity index (χ1n) is 13.4. The maximum atomic E-state index is 13.0. The van der Waals surface area contributed by atoms with Crippen LogP contribution in [0, 0.1) is 0 Å². The number of carboxylic acid groups (broad SMARTS) is 1. The molecule has 20 heteroatoms. The molecule has 0 fully saturated rings. The molecule has 0 saturated heterocycles. The van der Waals surface area contributed by atoms with Gasteiger partial charge >= 0.3 is 35.3 Å². The molecule has 0 aliphatic rings. The first-order chi connectivity index (χ1) is 22.1. The Morgan fingerprint density at radius 2 is 1.28 bits per heavy atom. The zero-order valence-electron chi connectivity index (χ0n) is 24.2. The molecule has 0 atom stereocenters. The highest BCUT2D eigenvalue weighted by molar-refractivity contribution is 5.73. The fraction of sp³-hybridized carbons (Fsp3) is 0.308. The summed E-state index contributed by atoms with van der Waals surface area (Å²) in [5.74, 6) is -0.0723. The molecule has 0 radical (unpaired) electrons. The Labute approximate surface area is 257 Å². The van der Waals surface area contributed by atoms with Crippen molar-refractivity contribution in [1.82, 2.24) is 44.6 Å². The lowest BCUT2D eigenvalue weighted by atomic mass is 10.1. The second-order valence-electron chi connectivity index (χ2n) is 9.26. The van der Waals surface area contributed by atoms with Crippen LogP contribution < -0.4 is 33.0 Å².